The highest BCUT2D eigenvalue weighted by Gasteiger charge is 2.66. The summed E-state index contributed by atoms with van der Waals surface area (Å²) in [6.07, 6.45) is 3.00. The second kappa shape index (κ2) is 19.3. The molecule has 0 aliphatic carbocycles. The molecule has 0 spiro atoms. The fraction of sp³-hybridized carbons (Fsp3) is 0.480. The van der Waals surface area contributed by atoms with Gasteiger partial charge in [0, 0.05) is 37.4 Å². The Kier molecular flexibility index (Phi) is 14.4. The molecule has 2 bridgehead atoms. The number of hydrogen-bond acceptors (Lipinski definition) is 7. The van der Waals surface area contributed by atoms with Crippen LogP contribution in [0.5, 0.6) is 0 Å². The molecule has 2 fully saturated rings. The van der Waals surface area contributed by atoms with Crippen LogP contribution in [-0.2, 0) is 60.4 Å². The number of carbonyl (C=O) groups is 2. The lowest BCUT2D eigenvalue weighted by Gasteiger charge is -2.50. The minimum Gasteiger partial charge on any atom is -0.370 e. The maximum atomic E-state index is 12.9. The van der Waals surface area contributed by atoms with E-state index in [9.17, 15) is 9.59 Å². The average molecular weight is 789 g/mol. The summed E-state index contributed by atoms with van der Waals surface area (Å²) in [6, 6.07) is 35.8. The zero-order chi connectivity index (χ0) is 41.3. The van der Waals surface area contributed by atoms with Gasteiger partial charge in [0.2, 0.25) is 11.7 Å². The van der Waals surface area contributed by atoms with Gasteiger partial charge in [0.1, 0.15) is 17.5 Å². The lowest BCUT2D eigenvalue weighted by molar-refractivity contribution is -0.333. The molecule has 4 aromatic rings. The summed E-state index contributed by atoms with van der Waals surface area (Å²) < 4.78 is 27.9. The van der Waals surface area contributed by atoms with Gasteiger partial charge in [-0.3, -0.25) is 9.59 Å². The molecular weight excluding hydrogens is 725 g/mol. The van der Waals surface area contributed by atoms with Gasteiger partial charge in [0.15, 0.2) is 0 Å². The zero-order valence-electron chi connectivity index (χ0n) is 35.7. The van der Waals surface area contributed by atoms with Crippen molar-refractivity contribution < 1.29 is 28.5 Å². The second-order valence-corrected chi connectivity index (χ2v) is 17.4. The van der Waals surface area contributed by atoms with E-state index in [2.05, 4.69) is 92.8 Å². The quantitative estimate of drug-likeness (QED) is 0.0959. The Balaban J connectivity index is 1.15. The van der Waals surface area contributed by atoms with Crippen molar-refractivity contribution in [3.05, 3.63) is 142 Å². The van der Waals surface area contributed by atoms with E-state index in [4.69, 9.17) is 18.9 Å². The number of carbonyl (C=O) groups excluding carboxylic acids is 2. The average Bonchev–Trinajstić information content (AvgIpc) is 3.59. The van der Waals surface area contributed by atoms with Crippen LogP contribution in [0, 0.1) is 18.3 Å². The smallest absolute Gasteiger partial charge is 0.226 e. The van der Waals surface area contributed by atoms with Crippen LogP contribution in [0.2, 0.25) is 0 Å². The Morgan fingerprint density at radius 3 is 2.14 bits per heavy atom. The lowest BCUT2D eigenvalue weighted by Crippen LogP contribution is -2.62. The zero-order valence-corrected chi connectivity index (χ0v) is 35.7. The van der Waals surface area contributed by atoms with Crippen LogP contribution in [0.25, 0.3) is 0 Å². The predicted octanol–water partition coefficient (Wildman–Crippen LogP) is 8.74. The van der Waals surface area contributed by atoms with Crippen LogP contribution in [0.3, 0.4) is 0 Å². The van der Waals surface area contributed by atoms with Gasteiger partial charge in [0.05, 0.1) is 31.3 Å². The lowest BCUT2D eigenvalue weighted by atomic mass is 9.76. The van der Waals surface area contributed by atoms with Gasteiger partial charge in [0.25, 0.3) is 0 Å². The van der Waals surface area contributed by atoms with E-state index in [0.29, 0.717) is 32.8 Å². The third-order valence-electron chi connectivity index (χ3n) is 12.2. The number of hydrogen-bond donors (Lipinski definition) is 1. The monoisotopic (exact) mass is 788 g/mol. The third kappa shape index (κ3) is 10.3. The van der Waals surface area contributed by atoms with Crippen molar-refractivity contribution in [2.45, 2.75) is 110 Å². The summed E-state index contributed by atoms with van der Waals surface area (Å²) in [7, 11) is 3.94. The topological polar surface area (TPSA) is 86.3 Å². The van der Waals surface area contributed by atoms with Gasteiger partial charge in [-0.15, -0.1) is 0 Å². The van der Waals surface area contributed by atoms with Crippen LogP contribution in [0.4, 0.5) is 0 Å². The van der Waals surface area contributed by atoms with Gasteiger partial charge in [-0.25, -0.2) is 0 Å². The standard InChI is InChI=1S/C50H64N2O6/c1-8-49-35-57-50(58-49,46(56-34-41-18-13-10-14-19-41)45(37(49)3)55-33-40-16-11-9-12-17-40)43-27-22-36(2)42(31-43)30-39-25-23-38(24-26-39)20-15-21-44(53)32-48(4,5)47(54)51-28-29-52(6)7/h9-14,16-19,22-27,31,37,45-46H,8,15,20-21,28-30,32-35H2,1-7H3,(H,51,54)/t37-,45-,46+,49-,50-/m0/s1. The van der Waals surface area contributed by atoms with Gasteiger partial charge in [-0.1, -0.05) is 125 Å². The Hall–Kier alpha value is -4.18. The number of aryl methyl sites for hydroxylation is 2. The molecule has 1 N–H and O–H groups in total. The molecule has 8 nitrogen and oxygen atoms in total. The second-order valence-electron chi connectivity index (χ2n) is 17.4. The van der Waals surface area contributed by atoms with Crippen molar-refractivity contribution in [2.24, 2.45) is 11.3 Å². The molecule has 0 radical (unpaired) electrons. The fourth-order valence-electron chi connectivity index (χ4n) is 8.40. The first kappa shape index (κ1) is 43.4. The summed E-state index contributed by atoms with van der Waals surface area (Å²) in [5.41, 5.74) is 6.69. The number of Topliss-reactive ketones (excluding diaryl/α,β-unsaturated/α-hetero) is 1. The molecule has 5 atom stereocenters. The number of nitrogens with one attached hydrogen (secondary N) is 1. The predicted molar refractivity (Wildman–Crippen MR) is 229 cm³/mol. The molecule has 2 heterocycles. The number of rotatable bonds is 20. The molecule has 2 aliphatic rings. The molecule has 0 saturated carbocycles. The fourth-order valence-corrected chi connectivity index (χ4v) is 8.40. The van der Waals surface area contributed by atoms with Crippen LogP contribution in [0.15, 0.2) is 103 Å². The van der Waals surface area contributed by atoms with Gasteiger partial charge < -0.3 is 29.2 Å². The van der Waals surface area contributed by atoms with Gasteiger partial charge in [-0.2, -0.15) is 0 Å². The minimum atomic E-state index is -1.15. The van der Waals surface area contributed by atoms with E-state index < -0.39 is 22.9 Å². The summed E-state index contributed by atoms with van der Waals surface area (Å²) in [5.74, 6) is -1.07. The van der Waals surface area contributed by atoms with Crippen molar-refractivity contribution in [1.82, 2.24) is 10.2 Å². The van der Waals surface area contributed by atoms with Crippen LogP contribution in [-0.4, -0.2) is 68.2 Å². The first-order chi connectivity index (χ1) is 27.8. The number of likely N-dealkylation sites (N-methyl/N-ethyl adjacent to an activating group) is 1. The van der Waals surface area contributed by atoms with E-state index in [-0.39, 0.29) is 30.1 Å². The number of ether oxygens (including phenoxy) is 4. The number of benzene rings is 4. The van der Waals surface area contributed by atoms with Crippen LogP contribution >= 0.6 is 0 Å². The maximum absolute atomic E-state index is 12.9. The van der Waals surface area contributed by atoms with Crippen molar-refractivity contribution in [3.63, 3.8) is 0 Å². The van der Waals surface area contributed by atoms with Crippen molar-refractivity contribution in [1.29, 1.82) is 0 Å². The largest absolute Gasteiger partial charge is 0.370 e. The summed E-state index contributed by atoms with van der Waals surface area (Å²) in [5, 5.41) is 2.97. The minimum absolute atomic E-state index is 0.0237. The van der Waals surface area contributed by atoms with Crippen molar-refractivity contribution >= 4 is 11.7 Å². The number of ketones is 1. The Bertz CT molecular complexity index is 1950. The van der Waals surface area contributed by atoms with E-state index in [0.717, 1.165) is 48.9 Å². The SMILES string of the molecule is CC[C@@]12CO[C@@](c3ccc(C)c(Cc4ccc(CCCC(=O)CC(C)(C)C(=O)NCCN(C)C)cc4)c3)(O1)[C@H](OCc1ccccc1)[C@@H](OCc1ccccc1)[C@@H]2C. The molecule has 1 amide bonds. The molecule has 58 heavy (non-hydrogen) atoms. The Morgan fingerprint density at radius 1 is 0.862 bits per heavy atom. The van der Waals surface area contributed by atoms with Crippen molar-refractivity contribution in [2.75, 3.05) is 33.8 Å². The first-order valence-electron chi connectivity index (χ1n) is 21.1. The van der Waals surface area contributed by atoms with Crippen molar-refractivity contribution in [3.8, 4) is 0 Å². The van der Waals surface area contributed by atoms with E-state index >= 15 is 0 Å². The molecule has 310 valence electrons. The first-order valence-corrected chi connectivity index (χ1v) is 21.1. The highest BCUT2D eigenvalue weighted by molar-refractivity contribution is 5.89. The van der Waals surface area contributed by atoms with Crippen LogP contribution < -0.4 is 5.32 Å². The molecule has 2 aliphatic heterocycles. The number of fused-ring (bicyclic) bond motifs is 2. The molecule has 0 unspecified atom stereocenters. The van der Waals surface area contributed by atoms with Gasteiger partial charge in [-0.05, 0) is 86.1 Å². The summed E-state index contributed by atoms with van der Waals surface area (Å²) in [6.45, 7) is 12.9. The molecule has 4 aromatic carbocycles. The molecule has 2 saturated heterocycles. The summed E-state index contributed by atoms with van der Waals surface area (Å²) in [4.78, 5) is 27.6. The third-order valence-corrected chi connectivity index (χ3v) is 12.2. The molecule has 6 rings (SSSR count). The highest BCUT2D eigenvalue weighted by Crippen LogP contribution is 2.55. The Labute approximate surface area is 346 Å². The van der Waals surface area contributed by atoms with Gasteiger partial charge >= 0.3 is 0 Å². The molecule has 0 aromatic heterocycles. The number of nitrogens with zero attached hydrogens (tertiary/aromatic N) is 1. The molecular formula is C50H64N2O6. The highest BCUT2D eigenvalue weighted by atomic mass is 16.8. The van der Waals surface area contributed by atoms with E-state index in [1.165, 1.54) is 22.3 Å². The Morgan fingerprint density at radius 2 is 1.50 bits per heavy atom. The maximum Gasteiger partial charge on any atom is 0.226 e. The summed E-state index contributed by atoms with van der Waals surface area (Å²) >= 11 is 0. The van der Waals surface area contributed by atoms with Crippen LogP contribution in [0.1, 0.15) is 92.3 Å². The van der Waals surface area contributed by atoms with E-state index in [1.54, 1.807) is 0 Å². The molecule has 8 heteroatoms. The normalized spacial score (nSPS) is 22.9. The number of amides is 1. The van der Waals surface area contributed by atoms with E-state index in [1.807, 2.05) is 69.2 Å².